The van der Waals surface area contributed by atoms with Crippen molar-refractivity contribution >= 4 is 39.8 Å². The highest BCUT2D eigenvalue weighted by molar-refractivity contribution is 7.15. The van der Waals surface area contributed by atoms with Crippen LogP contribution in [0.4, 0.5) is 28.8 Å². The molecular formula is C16H18ClF3N4O3S. The highest BCUT2D eigenvalue weighted by atomic mass is 35.5. The topological polar surface area (TPSA) is 90.6 Å². The zero-order chi connectivity index (χ0) is 21.2. The van der Waals surface area contributed by atoms with Crippen LogP contribution in [0.25, 0.3) is 0 Å². The van der Waals surface area contributed by atoms with Crippen LogP contribution in [0.15, 0.2) is 12.1 Å². The van der Waals surface area contributed by atoms with Gasteiger partial charge in [0.15, 0.2) is 0 Å². The third-order valence-electron chi connectivity index (χ3n) is 3.05. The molecule has 0 aliphatic rings. The van der Waals surface area contributed by atoms with Gasteiger partial charge in [0, 0.05) is 6.07 Å². The van der Waals surface area contributed by atoms with Crippen molar-refractivity contribution in [2.24, 2.45) is 5.73 Å². The Morgan fingerprint density at radius 1 is 1.14 bits per heavy atom. The van der Waals surface area contributed by atoms with E-state index < -0.39 is 17.2 Å². The lowest BCUT2D eigenvalue weighted by Crippen LogP contribution is -2.32. The number of nitrogens with two attached hydrogens (primary N) is 1. The van der Waals surface area contributed by atoms with Gasteiger partial charge in [-0.2, -0.15) is 13.2 Å². The van der Waals surface area contributed by atoms with Gasteiger partial charge in [0.05, 0.1) is 22.9 Å². The Balaban J connectivity index is 2.60. The van der Waals surface area contributed by atoms with Gasteiger partial charge in [-0.05, 0) is 33.8 Å². The van der Waals surface area contributed by atoms with Crippen molar-refractivity contribution < 1.29 is 27.4 Å². The molecule has 0 bridgehead atoms. The van der Waals surface area contributed by atoms with Crippen molar-refractivity contribution in [3.63, 3.8) is 0 Å². The summed E-state index contributed by atoms with van der Waals surface area (Å²) in [6, 6.07) is 1.68. The first-order chi connectivity index (χ1) is 12.9. The van der Waals surface area contributed by atoms with Crippen LogP contribution < -0.4 is 20.1 Å². The van der Waals surface area contributed by atoms with E-state index in [2.05, 4.69) is 10.2 Å². The van der Waals surface area contributed by atoms with E-state index >= 15 is 0 Å². The molecule has 28 heavy (non-hydrogen) atoms. The smallest absolute Gasteiger partial charge is 0.445 e. The number of anilines is 2. The molecule has 154 valence electrons. The zero-order valence-electron chi connectivity index (χ0n) is 15.4. The molecule has 0 spiro atoms. The second kappa shape index (κ2) is 8.39. The maximum atomic E-state index is 12.9. The summed E-state index contributed by atoms with van der Waals surface area (Å²) in [5.74, 6) is 0.423. The Labute approximate surface area is 168 Å². The summed E-state index contributed by atoms with van der Waals surface area (Å²) in [4.78, 5) is 12.8. The minimum absolute atomic E-state index is 0.0205. The van der Waals surface area contributed by atoms with Crippen LogP contribution in [0.2, 0.25) is 5.02 Å². The van der Waals surface area contributed by atoms with Gasteiger partial charge in [0.1, 0.15) is 11.5 Å². The fourth-order valence-electron chi connectivity index (χ4n) is 2.13. The summed E-state index contributed by atoms with van der Waals surface area (Å²) in [7, 11) is 0. The molecule has 7 nitrogen and oxygen atoms in total. The van der Waals surface area contributed by atoms with E-state index in [9.17, 15) is 18.0 Å². The summed E-state index contributed by atoms with van der Waals surface area (Å²) in [5.41, 5.74) is 5.42. The van der Waals surface area contributed by atoms with Crippen LogP contribution in [0.3, 0.4) is 0 Å². The van der Waals surface area contributed by atoms with E-state index in [-0.39, 0.29) is 50.9 Å². The molecule has 0 saturated heterocycles. The second-order valence-corrected chi connectivity index (χ2v) is 7.51. The summed E-state index contributed by atoms with van der Waals surface area (Å²) in [6.45, 7) is 7.07. The van der Waals surface area contributed by atoms with Crippen molar-refractivity contribution in [3.8, 4) is 11.5 Å². The number of ether oxygens (including phenoxy) is 2. The first-order valence-corrected chi connectivity index (χ1v) is 9.26. The number of hydrogen-bond acceptors (Lipinski definition) is 6. The average Bonchev–Trinajstić information content (AvgIpc) is 3.00. The summed E-state index contributed by atoms with van der Waals surface area (Å²) >= 11 is 6.39. The van der Waals surface area contributed by atoms with Gasteiger partial charge in [-0.25, -0.2) is 9.69 Å². The fraction of sp³-hybridized carbons (Fsp3) is 0.438. The number of carbonyl (C=O) groups is 1. The normalized spacial score (nSPS) is 11.8. The fourth-order valence-corrected chi connectivity index (χ4v) is 3.06. The molecule has 0 atom stereocenters. The van der Waals surface area contributed by atoms with Crippen molar-refractivity contribution in [1.29, 1.82) is 0 Å². The SMILES string of the molecule is CC(C)Oc1cc(OC(C)C)c(N(C(N)=O)c2nnc(C(F)(F)F)s2)cc1Cl. The van der Waals surface area contributed by atoms with Crippen molar-refractivity contribution in [1.82, 2.24) is 10.2 Å². The summed E-state index contributed by atoms with van der Waals surface area (Å²) < 4.78 is 49.9. The number of primary amides is 1. The second-order valence-electron chi connectivity index (χ2n) is 6.14. The third kappa shape index (κ3) is 5.16. The molecule has 1 aromatic carbocycles. The quantitative estimate of drug-likeness (QED) is 0.685. The first kappa shape index (κ1) is 22.0. The highest BCUT2D eigenvalue weighted by Crippen LogP contribution is 2.43. The molecule has 0 fully saturated rings. The number of rotatable bonds is 6. The van der Waals surface area contributed by atoms with Gasteiger partial charge in [-0.1, -0.05) is 22.9 Å². The Morgan fingerprint density at radius 3 is 2.18 bits per heavy atom. The molecule has 2 amide bonds. The van der Waals surface area contributed by atoms with Crippen molar-refractivity contribution in [2.75, 3.05) is 4.90 Å². The maximum absolute atomic E-state index is 12.9. The number of amides is 2. The molecule has 0 aliphatic heterocycles. The van der Waals surface area contributed by atoms with E-state index in [4.69, 9.17) is 26.8 Å². The first-order valence-electron chi connectivity index (χ1n) is 8.07. The highest BCUT2D eigenvalue weighted by Gasteiger charge is 2.37. The van der Waals surface area contributed by atoms with Gasteiger partial charge >= 0.3 is 12.2 Å². The Kier molecular flexibility index (Phi) is 6.60. The minimum atomic E-state index is -4.71. The van der Waals surface area contributed by atoms with Crippen molar-refractivity contribution in [2.45, 2.75) is 46.1 Å². The molecule has 0 radical (unpaired) electrons. The lowest BCUT2D eigenvalue weighted by molar-refractivity contribution is -0.138. The van der Waals surface area contributed by atoms with Gasteiger partial charge in [0.25, 0.3) is 0 Å². The minimum Gasteiger partial charge on any atom is -0.489 e. The number of aromatic nitrogens is 2. The predicted octanol–water partition coefficient (Wildman–Crippen LogP) is 5.00. The molecular weight excluding hydrogens is 421 g/mol. The lowest BCUT2D eigenvalue weighted by atomic mass is 10.2. The molecule has 2 rings (SSSR count). The van der Waals surface area contributed by atoms with E-state index in [0.717, 1.165) is 4.90 Å². The number of alkyl halides is 3. The molecule has 1 aromatic heterocycles. The Bertz CT molecular complexity index is 858. The van der Waals surface area contributed by atoms with Crippen LogP contribution in [0.5, 0.6) is 11.5 Å². The lowest BCUT2D eigenvalue weighted by Gasteiger charge is -2.23. The van der Waals surface area contributed by atoms with Crippen LogP contribution in [0.1, 0.15) is 32.7 Å². The number of nitrogens with zero attached hydrogens (tertiary/aromatic N) is 3. The monoisotopic (exact) mass is 438 g/mol. The van der Waals surface area contributed by atoms with Crippen LogP contribution in [0, 0.1) is 0 Å². The number of hydrogen-bond donors (Lipinski definition) is 1. The molecule has 2 N–H and O–H groups in total. The Morgan fingerprint density at radius 2 is 1.71 bits per heavy atom. The number of carbonyl (C=O) groups excluding carboxylic acids is 1. The largest absolute Gasteiger partial charge is 0.489 e. The molecule has 12 heteroatoms. The van der Waals surface area contributed by atoms with Crippen molar-refractivity contribution in [3.05, 3.63) is 22.2 Å². The zero-order valence-corrected chi connectivity index (χ0v) is 16.9. The van der Waals surface area contributed by atoms with Gasteiger partial charge in [-0.3, -0.25) is 0 Å². The summed E-state index contributed by atoms with van der Waals surface area (Å²) in [6.07, 6.45) is -5.22. The van der Waals surface area contributed by atoms with E-state index in [1.165, 1.54) is 12.1 Å². The molecule has 0 unspecified atom stereocenters. The molecule has 0 saturated carbocycles. The van der Waals surface area contributed by atoms with Crippen LogP contribution in [-0.2, 0) is 6.18 Å². The van der Waals surface area contributed by atoms with Crippen LogP contribution >= 0.6 is 22.9 Å². The number of urea groups is 1. The Hall–Kier alpha value is -2.27. The third-order valence-corrected chi connectivity index (χ3v) is 4.30. The standard InChI is InChI=1S/C16H18ClF3N4O3S/c1-7(2)26-11-6-12(27-8(3)4)10(5-9(11)17)24(14(21)25)15-23-22-13(28-15)16(18,19)20/h5-8H,1-4H3,(H2,21,25). The van der Waals surface area contributed by atoms with Crippen LogP contribution in [-0.4, -0.2) is 28.4 Å². The van der Waals surface area contributed by atoms with Gasteiger partial charge < -0.3 is 15.2 Å². The molecule has 2 aromatic rings. The van der Waals surface area contributed by atoms with E-state index in [1.54, 1.807) is 27.7 Å². The van der Waals surface area contributed by atoms with Gasteiger partial charge in [-0.15, -0.1) is 10.2 Å². The summed E-state index contributed by atoms with van der Waals surface area (Å²) in [5, 5.41) is 5.05. The average molecular weight is 439 g/mol. The van der Waals surface area contributed by atoms with E-state index in [0.29, 0.717) is 0 Å². The van der Waals surface area contributed by atoms with Gasteiger partial charge in [0.2, 0.25) is 10.1 Å². The number of benzene rings is 1. The maximum Gasteiger partial charge on any atom is 0.445 e. The molecule has 0 aliphatic carbocycles. The van der Waals surface area contributed by atoms with E-state index in [1.807, 2.05) is 0 Å². The molecule has 1 heterocycles. The predicted molar refractivity (Wildman–Crippen MR) is 99.6 cm³/mol. The number of halogens is 4.